The van der Waals surface area contributed by atoms with Gasteiger partial charge < -0.3 is 10.6 Å². The predicted octanol–water partition coefficient (Wildman–Crippen LogP) is 3.20. The van der Waals surface area contributed by atoms with Crippen molar-refractivity contribution in [1.82, 2.24) is 0 Å². The Balaban J connectivity index is 1.97. The fourth-order valence-corrected chi connectivity index (χ4v) is 2.62. The minimum Gasteiger partial charge on any atom is -0.372 e. The van der Waals surface area contributed by atoms with Gasteiger partial charge in [0, 0.05) is 24.8 Å². The van der Waals surface area contributed by atoms with Crippen molar-refractivity contribution in [3.8, 4) is 0 Å². The van der Waals surface area contributed by atoms with E-state index in [9.17, 15) is 0 Å². The molecule has 18 heavy (non-hydrogen) atoms. The van der Waals surface area contributed by atoms with E-state index in [1.54, 1.807) is 0 Å². The smallest absolute Gasteiger partial charge is 0.0366 e. The third kappa shape index (κ3) is 3.49. The molecule has 0 amide bonds. The molecule has 2 heteroatoms. The first-order chi connectivity index (χ1) is 8.69. The third-order valence-corrected chi connectivity index (χ3v) is 3.94. The van der Waals surface area contributed by atoms with E-state index in [0.717, 1.165) is 18.9 Å². The standard InChI is InChI=1S/C16H26N2/c1-3-18(12-15-5-4-6-15)16-9-7-14(8-10-16)11-13(2)17/h7-10,13,15H,3-6,11-12,17H2,1-2H3. The molecule has 0 spiro atoms. The molecule has 2 N–H and O–H groups in total. The SMILES string of the molecule is CCN(CC1CCC1)c1ccc(CC(C)N)cc1. The largest absolute Gasteiger partial charge is 0.372 e. The topological polar surface area (TPSA) is 29.3 Å². The van der Waals surface area contributed by atoms with Gasteiger partial charge in [-0.25, -0.2) is 0 Å². The molecule has 0 aromatic heterocycles. The van der Waals surface area contributed by atoms with E-state index >= 15 is 0 Å². The van der Waals surface area contributed by atoms with Gasteiger partial charge >= 0.3 is 0 Å². The Morgan fingerprint density at radius 3 is 2.39 bits per heavy atom. The first kappa shape index (κ1) is 13.4. The summed E-state index contributed by atoms with van der Waals surface area (Å²) in [6.45, 7) is 6.63. The molecule has 1 fully saturated rings. The molecule has 1 aliphatic carbocycles. The molecule has 1 aromatic rings. The van der Waals surface area contributed by atoms with Crippen molar-refractivity contribution in [2.24, 2.45) is 11.7 Å². The highest BCUT2D eigenvalue weighted by molar-refractivity contribution is 5.47. The molecule has 1 aliphatic rings. The van der Waals surface area contributed by atoms with Crippen molar-refractivity contribution in [2.75, 3.05) is 18.0 Å². The van der Waals surface area contributed by atoms with Crippen LogP contribution in [0.1, 0.15) is 38.7 Å². The zero-order valence-corrected chi connectivity index (χ0v) is 11.7. The summed E-state index contributed by atoms with van der Waals surface area (Å²) >= 11 is 0. The fourth-order valence-electron chi connectivity index (χ4n) is 2.62. The highest BCUT2D eigenvalue weighted by Gasteiger charge is 2.20. The van der Waals surface area contributed by atoms with Gasteiger partial charge in [0.25, 0.3) is 0 Å². The second-order valence-electron chi connectivity index (χ2n) is 5.68. The van der Waals surface area contributed by atoms with E-state index < -0.39 is 0 Å². The van der Waals surface area contributed by atoms with Crippen LogP contribution in [0.3, 0.4) is 0 Å². The molecule has 100 valence electrons. The van der Waals surface area contributed by atoms with Crippen molar-refractivity contribution in [2.45, 2.75) is 45.6 Å². The van der Waals surface area contributed by atoms with Crippen LogP contribution in [-0.2, 0) is 6.42 Å². The predicted molar refractivity (Wildman–Crippen MR) is 79.0 cm³/mol. The van der Waals surface area contributed by atoms with Crippen LogP contribution >= 0.6 is 0 Å². The Bertz CT molecular complexity index is 352. The summed E-state index contributed by atoms with van der Waals surface area (Å²) in [6, 6.07) is 9.19. The van der Waals surface area contributed by atoms with E-state index in [1.807, 2.05) is 0 Å². The number of hydrogen-bond donors (Lipinski definition) is 1. The van der Waals surface area contributed by atoms with E-state index in [-0.39, 0.29) is 6.04 Å². The van der Waals surface area contributed by atoms with Gasteiger partial charge in [-0.15, -0.1) is 0 Å². The van der Waals surface area contributed by atoms with Gasteiger partial charge in [-0.1, -0.05) is 18.6 Å². The van der Waals surface area contributed by atoms with E-state index in [0.29, 0.717) is 0 Å². The highest BCUT2D eigenvalue weighted by atomic mass is 15.1. The zero-order valence-electron chi connectivity index (χ0n) is 11.7. The first-order valence-corrected chi connectivity index (χ1v) is 7.28. The molecule has 0 heterocycles. The van der Waals surface area contributed by atoms with Crippen LogP contribution in [0.4, 0.5) is 5.69 Å². The molecule has 1 unspecified atom stereocenters. The fraction of sp³-hybridized carbons (Fsp3) is 0.625. The van der Waals surface area contributed by atoms with Crippen LogP contribution in [0.5, 0.6) is 0 Å². The van der Waals surface area contributed by atoms with Crippen LogP contribution in [0, 0.1) is 5.92 Å². The zero-order chi connectivity index (χ0) is 13.0. The Labute approximate surface area is 111 Å². The normalized spacial score (nSPS) is 17.3. The van der Waals surface area contributed by atoms with Gasteiger partial charge in [-0.3, -0.25) is 0 Å². The highest BCUT2D eigenvalue weighted by Crippen LogP contribution is 2.29. The number of hydrogen-bond acceptors (Lipinski definition) is 2. The summed E-state index contributed by atoms with van der Waals surface area (Å²) in [7, 11) is 0. The third-order valence-electron chi connectivity index (χ3n) is 3.94. The molecule has 0 saturated heterocycles. The summed E-state index contributed by atoms with van der Waals surface area (Å²) in [6.07, 6.45) is 5.23. The lowest BCUT2D eigenvalue weighted by molar-refractivity contribution is 0.318. The van der Waals surface area contributed by atoms with Crippen LogP contribution in [0.15, 0.2) is 24.3 Å². The average Bonchev–Trinajstić information content (AvgIpc) is 2.29. The van der Waals surface area contributed by atoms with Gasteiger partial charge in [0.05, 0.1) is 0 Å². The summed E-state index contributed by atoms with van der Waals surface area (Å²) in [5.41, 5.74) is 8.53. The van der Waals surface area contributed by atoms with E-state index in [4.69, 9.17) is 5.73 Å². The van der Waals surface area contributed by atoms with Crippen LogP contribution in [0.25, 0.3) is 0 Å². The number of anilines is 1. The minimum atomic E-state index is 0.244. The van der Waals surface area contributed by atoms with Crippen LogP contribution < -0.4 is 10.6 Å². The number of rotatable bonds is 6. The van der Waals surface area contributed by atoms with Gasteiger partial charge in [0.2, 0.25) is 0 Å². The molecule has 1 aromatic carbocycles. The lowest BCUT2D eigenvalue weighted by Crippen LogP contribution is -2.32. The summed E-state index contributed by atoms with van der Waals surface area (Å²) < 4.78 is 0. The molecular formula is C16H26N2. The number of benzene rings is 1. The maximum absolute atomic E-state index is 5.83. The van der Waals surface area contributed by atoms with Crippen molar-refractivity contribution in [3.63, 3.8) is 0 Å². The first-order valence-electron chi connectivity index (χ1n) is 7.28. The second kappa shape index (κ2) is 6.24. The van der Waals surface area contributed by atoms with Crippen LogP contribution in [-0.4, -0.2) is 19.1 Å². The summed E-state index contributed by atoms with van der Waals surface area (Å²) in [5.74, 6) is 0.925. The maximum atomic E-state index is 5.83. The number of nitrogens with zero attached hydrogens (tertiary/aromatic N) is 1. The average molecular weight is 246 g/mol. The van der Waals surface area contributed by atoms with E-state index in [2.05, 4.69) is 43.0 Å². The molecule has 0 radical (unpaired) electrons. The molecule has 1 saturated carbocycles. The molecule has 0 bridgehead atoms. The van der Waals surface area contributed by atoms with Crippen molar-refractivity contribution >= 4 is 5.69 Å². The summed E-state index contributed by atoms with van der Waals surface area (Å²) in [4.78, 5) is 2.50. The summed E-state index contributed by atoms with van der Waals surface area (Å²) in [5, 5.41) is 0. The van der Waals surface area contributed by atoms with Crippen molar-refractivity contribution in [3.05, 3.63) is 29.8 Å². The lowest BCUT2D eigenvalue weighted by Gasteiger charge is -2.33. The van der Waals surface area contributed by atoms with Gasteiger partial charge in [0.15, 0.2) is 0 Å². The van der Waals surface area contributed by atoms with Gasteiger partial charge in [-0.05, 0) is 56.7 Å². The Morgan fingerprint density at radius 1 is 1.28 bits per heavy atom. The Kier molecular flexibility index (Phi) is 4.65. The monoisotopic (exact) mass is 246 g/mol. The maximum Gasteiger partial charge on any atom is 0.0366 e. The van der Waals surface area contributed by atoms with Gasteiger partial charge in [0.1, 0.15) is 0 Å². The van der Waals surface area contributed by atoms with Gasteiger partial charge in [-0.2, -0.15) is 0 Å². The number of nitrogens with two attached hydrogens (primary N) is 1. The molecule has 2 nitrogen and oxygen atoms in total. The van der Waals surface area contributed by atoms with E-state index in [1.165, 1.54) is 37.1 Å². The second-order valence-corrected chi connectivity index (χ2v) is 5.68. The minimum absolute atomic E-state index is 0.244. The molecule has 0 aliphatic heterocycles. The quantitative estimate of drug-likeness (QED) is 0.835. The molecule has 2 rings (SSSR count). The molecule has 1 atom stereocenters. The van der Waals surface area contributed by atoms with Crippen molar-refractivity contribution < 1.29 is 0 Å². The Morgan fingerprint density at radius 2 is 1.94 bits per heavy atom. The van der Waals surface area contributed by atoms with Crippen molar-refractivity contribution in [1.29, 1.82) is 0 Å². The van der Waals surface area contributed by atoms with Crippen LogP contribution in [0.2, 0.25) is 0 Å². The molecular weight excluding hydrogens is 220 g/mol. The Hall–Kier alpha value is -1.02. The lowest BCUT2D eigenvalue weighted by atomic mass is 9.85.